The summed E-state index contributed by atoms with van der Waals surface area (Å²) < 4.78 is 5.56. The summed E-state index contributed by atoms with van der Waals surface area (Å²) in [4.78, 5) is 27.1. The van der Waals surface area contributed by atoms with Gasteiger partial charge in [-0.3, -0.25) is 9.59 Å². The normalized spacial score (nSPS) is 15.6. The first kappa shape index (κ1) is 21.9. The van der Waals surface area contributed by atoms with Gasteiger partial charge >= 0.3 is 0 Å². The molecule has 0 aromatic heterocycles. The highest BCUT2D eigenvalue weighted by Gasteiger charge is 2.29. The highest BCUT2D eigenvalue weighted by atomic mass is 16.5. The maximum absolute atomic E-state index is 12.9. The number of carbonyl (C=O) groups is 2. The van der Waals surface area contributed by atoms with Crippen molar-refractivity contribution in [2.24, 2.45) is 11.8 Å². The molecule has 1 aliphatic heterocycles. The maximum Gasteiger partial charge on any atom is 0.260 e. The third kappa shape index (κ3) is 6.34. The van der Waals surface area contributed by atoms with Gasteiger partial charge in [-0.1, -0.05) is 62.4 Å². The Morgan fingerprint density at radius 3 is 2.20 bits per heavy atom. The highest BCUT2D eigenvalue weighted by Crippen LogP contribution is 2.24. The van der Waals surface area contributed by atoms with Crippen molar-refractivity contribution < 1.29 is 14.3 Å². The minimum atomic E-state index is -0.0533. The molecule has 0 saturated carbocycles. The Morgan fingerprint density at radius 1 is 1.00 bits per heavy atom. The van der Waals surface area contributed by atoms with E-state index in [4.69, 9.17) is 4.74 Å². The molecule has 5 nitrogen and oxygen atoms in total. The molecular weight excluding hydrogens is 376 g/mol. The van der Waals surface area contributed by atoms with E-state index in [0.29, 0.717) is 37.6 Å². The Kier molecular flexibility index (Phi) is 7.89. The minimum absolute atomic E-state index is 0.0256. The fourth-order valence-corrected chi connectivity index (χ4v) is 3.87. The van der Waals surface area contributed by atoms with Gasteiger partial charge in [-0.25, -0.2) is 0 Å². The van der Waals surface area contributed by atoms with Crippen LogP contribution in [0.15, 0.2) is 60.7 Å². The lowest BCUT2D eigenvalue weighted by atomic mass is 9.93. The van der Waals surface area contributed by atoms with E-state index in [2.05, 4.69) is 31.3 Å². The molecule has 5 heteroatoms. The van der Waals surface area contributed by atoms with Crippen LogP contribution < -0.4 is 10.1 Å². The lowest BCUT2D eigenvalue weighted by Gasteiger charge is -2.32. The number of nitrogens with one attached hydrogen (secondary N) is 1. The van der Waals surface area contributed by atoms with Crippen LogP contribution in [-0.4, -0.2) is 36.4 Å². The zero-order valence-electron chi connectivity index (χ0n) is 17.9. The van der Waals surface area contributed by atoms with Crippen LogP contribution in [0.4, 0.5) is 0 Å². The molecule has 1 aliphatic rings. The molecule has 1 unspecified atom stereocenters. The Balaban J connectivity index is 1.48. The second kappa shape index (κ2) is 10.8. The Morgan fingerprint density at radius 2 is 1.60 bits per heavy atom. The van der Waals surface area contributed by atoms with Gasteiger partial charge in [-0.2, -0.15) is 0 Å². The van der Waals surface area contributed by atoms with E-state index in [-0.39, 0.29) is 30.4 Å². The van der Waals surface area contributed by atoms with Gasteiger partial charge in [-0.15, -0.1) is 0 Å². The van der Waals surface area contributed by atoms with Crippen molar-refractivity contribution in [3.63, 3.8) is 0 Å². The van der Waals surface area contributed by atoms with Crippen molar-refractivity contribution in [1.82, 2.24) is 10.2 Å². The van der Waals surface area contributed by atoms with Crippen LogP contribution in [0.3, 0.4) is 0 Å². The van der Waals surface area contributed by atoms with Crippen LogP contribution in [0.2, 0.25) is 0 Å². The van der Waals surface area contributed by atoms with E-state index < -0.39 is 0 Å². The summed E-state index contributed by atoms with van der Waals surface area (Å²) in [6, 6.07) is 19.5. The Bertz CT molecular complexity index is 800. The van der Waals surface area contributed by atoms with Crippen molar-refractivity contribution in [2.45, 2.75) is 39.2 Å². The Labute approximate surface area is 179 Å². The molecule has 3 rings (SSSR count). The van der Waals surface area contributed by atoms with Crippen molar-refractivity contribution in [3.8, 4) is 5.75 Å². The number of hydrogen-bond donors (Lipinski definition) is 1. The van der Waals surface area contributed by atoms with Gasteiger partial charge in [-0.05, 0) is 42.9 Å². The maximum atomic E-state index is 12.9. The van der Waals surface area contributed by atoms with Gasteiger partial charge in [0.15, 0.2) is 6.61 Å². The highest BCUT2D eigenvalue weighted by molar-refractivity contribution is 5.81. The number of carbonyl (C=O) groups excluding carboxylic acids is 2. The molecule has 30 heavy (non-hydrogen) atoms. The zero-order chi connectivity index (χ0) is 21.3. The summed E-state index contributed by atoms with van der Waals surface area (Å²) in [6.45, 7) is 5.56. The number of benzene rings is 2. The molecule has 1 saturated heterocycles. The van der Waals surface area contributed by atoms with Gasteiger partial charge in [0.2, 0.25) is 5.91 Å². The Hall–Kier alpha value is -2.82. The first-order valence-corrected chi connectivity index (χ1v) is 10.8. The SMILES string of the molecule is CC(C)CC(NC(=O)C1CCN(C(=O)COc2ccccc2)CC1)c1ccccc1. The van der Waals surface area contributed by atoms with Crippen molar-refractivity contribution >= 4 is 11.8 Å². The number of hydrogen-bond acceptors (Lipinski definition) is 3. The molecule has 0 radical (unpaired) electrons. The monoisotopic (exact) mass is 408 g/mol. The number of piperidine rings is 1. The fraction of sp³-hybridized carbons (Fsp3) is 0.440. The molecule has 0 bridgehead atoms. The standard InChI is InChI=1S/C25H32N2O3/c1-19(2)17-23(20-9-5-3-6-10-20)26-25(29)21-13-15-27(16-14-21)24(28)18-30-22-11-7-4-8-12-22/h3-12,19,21,23H,13-18H2,1-2H3,(H,26,29). The summed E-state index contributed by atoms with van der Waals surface area (Å²) in [6.07, 6.45) is 2.28. The van der Waals surface area contributed by atoms with E-state index in [0.717, 1.165) is 12.0 Å². The van der Waals surface area contributed by atoms with Gasteiger partial charge < -0.3 is 15.0 Å². The van der Waals surface area contributed by atoms with Crippen molar-refractivity contribution in [2.75, 3.05) is 19.7 Å². The summed E-state index contributed by atoms with van der Waals surface area (Å²) >= 11 is 0. The molecule has 1 N–H and O–H groups in total. The van der Waals surface area contributed by atoms with Gasteiger partial charge in [0.25, 0.3) is 5.91 Å². The predicted octanol–water partition coefficient (Wildman–Crippen LogP) is 4.21. The fourth-order valence-electron chi connectivity index (χ4n) is 3.87. The average molecular weight is 409 g/mol. The smallest absolute Gasteiger partial charge is 0.260 e. The molecule has 160 valence electrons. The topological polar surface area (TPSA) is 58.6 Å². The predicted molar refractivity (Wildman–Crippen MR) is 118 cm³/mol. The number of likely N-dealkylation sites (tertiary alicyclic amines) is 1. The van der Waals surface area contributed by atoms with Gasteiger partial charge in [0, 0.05) is 19.0 Å². The first-order chi connectivity index (χ1) is 14.5. The van der Waals surface area contributed by atoms with Gasteiger partial charge in [0.05, 0.1) is 6.04 Å². The minimum Gasteiger partial charge on any atom is -0.484 e. The quantitative estimate of drug-likeness (QED) is 0.712. The first-order valence-electron chi connectivity index (χ1n) is 10.8. The molecule has 2 amide bonds. The van der Waals surface area contributed by atoms with Gasteiger partial charge in [0.1, 0.15) is 5.75 Å². The second-order valence-corrected chi connectivity index (χ2v) is 8.36. The van der Waals surface area contributed by atoms with Crippen LogP contribution in [0, 0.1) is 11.8 Å². The summed E-state index contributed by atoms with van der Waals surface area (Å²) in [5.74, 6) is 1.19. The van der Waals surface area contributed by atoms with E-state index in [1.165, 1.54) is 0 Å². The van der Waals surface area contributed by atoms with Crippen LogP contribution in [0.25, 0.3) is 0 Å². The van der Waals surface area contributed by atoms with Crippen LogP contribution >= 0.6 is 0 Å². The molecule has 0 spiro atoms. The largest absolute Gasteiger partial charge is 0.484 e. The van der Waals surface area contributed by atoms with Crippen LogP contribution in [0.5, 0.6) is 5.75 Å². The third-order valence-electron chi connectivity index (χ3n) is 5.55. The van der Waals surface area contributed by atoms with Crippen LogP contribution in [-0.2, 0) is 9.59 Å². The summed E-state index contributed by atoms with van der Waals surface area (Å²) in [5, 5.41) is 3.26. The second-order valence-electron chi connectivity index (χ2n) is 8.36. The number of ether oxygens (including phenoxy) is 1. The van der Waals surface area contributed by atoms with Crippen molar-refractivity contribution in [3.05, 3.63) is 66.2 Å². The molecule has 1 heterocycles. The van der Waals surface area contributed by atoms with E-state index in [1.807, 2.05) is 48.5 Å². The molecule has 2 aromatic carbocycles. The number of rotatable bonds is 8. The zero-order valence-corrected chi connectivity index (χ0v) is 17.9. The molecule has 0 aliphatic carbocycles. The molecular formula is C25H32N2O3. The van der Waals surface area contributed by atoms with Crippen molar-refractivity contribution in [1.29, 1.82) is 0 Å². The van der Waals surface area contributed by atoms with E-state index in [9.17, 15) is 9.59 Å². The number of amides is 2. The average Bonchev–Trinajstić information content (AvgIpc) is 2.78. The molecule has 1 fully saturated rings. The number of para-hydroxylation sites is 1. The summed E-state index contributed by atoms with van der Waals surface area (Å²) in [5.41, 5.74) is 1.14. The summed E-state index contributed by atoms with van der Waals surface area (Å²) in [7, 11) is 0. The van der Waals surface area contributed by atoms with E-state index >= 15 is 0 Å². The number of nitrogens with zero attached hydrogens (tertiary/aromatic N) is 1. The van der Waals surface area contributed by atoms with E-state index in [1.54, 1.807) is 4.90 Å². The lowest BCUT2D eigenvalue weighted by Crippen LogP contribution is -2.45. The lowest BCUT2D eigenvalue weighted by molar-refractivity contribution is -0.137. The van der Waals surface area contributed by atoms with Crippen LogP contribution in [0.1, 0.15) is 44.7 Å². The third-order valence-corrected chi connectivity index (χ3v) is 5.55. The molecule has 1 atom stereocenters. The molecule has 2 aromatic rings.